The Hall–Kier alpha value is -1.30. The number of rotatable bonds is 3. The molecule has 17 heavy (non-hydrogen) atoms. The van der Waals surface area contributed by atoms with Gasteiger partial charge in [0.05, 0.1) is 4.47 Å². The topological polar surface area (TPSA) is 58.6 Å². The second kappa shape index (κ2) is 4.91. The summed E-state index contributed by atoms with van der Waals surface area (Å²) < 4.78 is 18.9. The predicted molar refractivity (Wildman–Crippen MR) is 62.7 cm³/mol. The van der Waals surface area contributed by atoms with E-state index in [1.807, 2.05) is 0 Å². The third-order valence-electron chi connectivity index (χ3n) is 2.62. The van der Waals surface area contributed by atoms with Gasteiger partial charge in [0.2, 0.25) is 0 Å². The maximum Gasteiger partial charge on any atom is 0.404 e. The Morgan fingerprint density at radius 2 is 2.24 bits per heavy atom. The summed E-state index contributed by atoms with van der Waals surface area (Å²) in [5.74, 6) is 0.244. The van der Waals surface area contributed by atoms with Gasteiger partial charge < -0.3 is 15.2 Å². The van der Waals surface area contributed by atoms with Gasteiger partial charge in [-0.2, -0.15) is 0 Å². The lowest BCUT2D eigenvalue weighted by Gasteiger charge is -2.35. The van der Waals surface area contributed by atoms with Gasteiger partial charge in [-0.1, -0.05) is 0 Å². The molecule has 1 amide bonds. The average molecular weight is 304 g/mol. The van der Waals surface area contributed by atoms with Crippen LogP contribution < -0.4 is 10.1 Å². The fourth-order valence-corrected chi connectivity index (χ4v) is 2.05. The Kier molecular flexibility index (Phi) is 3.51. The zero-order valence-corrected chi connectivity index (χ0v) is 10.4. The Balaban J connectivity index is 1.83. The SMILES string of the molecule is O=C(O)N[C@H]1C[C@H](Oc2ccc(F)c(Br)c2)C1. The summed E-state index contributed by atoms with van der Waals surface area (Å²) in [7, 11) is 0. The van der Waals surface area contributed by atoms with Crippen molar-refractivity contribution < 1.29 is 19.0 Å². The molecule has 0 bridgehead atoms. The molecule has 1 aliphatic rings. The van der Waals surface area contributed by atoms with E-state index in [2.05, 4.69) is 21.2 Å². The van der Waals surface area contributed by atoms with Gasteiger partial charge in [-0.15, -0.1) is 0 Å². The lowest BCUT2D eigenvalue weighted by Crippen LogP contribution is -2.48. The molecule has 0 aliphatic heterocycles. The predicted octanol–water partition coefficient (Wildman–Crippen LogP) is 2.77. The normalized spacial score (nSPS) is 22.7. The molecule has 1 aromatic rings. The van der Waals surface area contributed by atoms with Crippen LogP contribution in [0.25, 0.3) is 0 Å². The quantitative estimate of drug-likeness (QED) is 0.903. The molecule has 2 rings (SSSR count). The van der Waals surface area contributed by atoms with E-state index in [9.17, 15) is 9.18 Å². The molecule has 6 heteroatoms. The van der Waals surface area contributed by atoms with Crippen molar-refractivity contribution in [2.75, 3.05) is 0 Å². The van der Waals surface area contributed by atoms with Crippen LogP contribution >= 0.6 is 15.9 Å². The largest absolute Gasteiger partial charge is 0.490 e. The zero-order valence-electron chi connectivity index (χ0n) is 8.82. The van der Waals surface area contributed by atoms with Gasteiger partial charge >= 0.3 is 6.09 Å². The fourth-order valence-electron chi connectivity index (χ4n) is 1.70. The number of nitrogens with one attached hydrogen (secondary N) is 1. The number of hydrogen-bond acceptors (Lipinski definition) is 2. The van der Waals surface area contributed by atoms with Crippen molar-refractivity contribution in [3.63, 3.8) is 0 Å². The van der Waals surface area contributed by atoms with Crippen LogP contribution in [0.15, 0.2) is 22.7 Å². The lowest BCUT2D eigenvalue weighted by molar-refractivity contribution is 0.0832. The molecular formula is C11H11BrFNO3. The van der Waals surface area contributed by atoms with Crippen LogP contribution in [0.4, 0.5) is 9.18 Å². The molecule has 1 aliphatic carbocycles. The van der Waals surface area contributed by atoms with Crippen LogP contribution in [-0.4, -0.2) is 23.3 Å². The van der Waals surface area contributed by atoms with Crippen LogP contribution in [0.3, 0.4) is 0 Å². The summed E-state index contributed by atoms with van der Waals surface area (Å²) >= 11 is 3.08. The van der Waals surface area contributed by atoms with Gasteiger partial charge in [0.15, 0.2) is 0 Å². The van der Waals surface area contributed by atoms with Crippen molar-refractivity contribution in [2.45, 2.75) is 25.0 Å². The van der Waals surface area contributed by atoms with Crippen molar-refractivity contribution in [3.05, 3.63) is 28.5 Å². The molecule has 0 aromatic heterocycles. The number of benzene rings is 1. The highest BCUT2D eigenvalue weighted by molar-refractivity contribution is 9.10. The van der Waals surface area contributed by atoms with E-state index < -0.39 is 6.09 Å². The van der Waals surface area contributed by atoms with Crippen LogP contribution in [0.1, 0.15) is 12.8 Å². The second-order valence-corrected chi connectivity index (χ2v) is 4.79. The molecule has 0 unspecified atom stereocenters. The first-order valence-electron chi connectivity index (χ1n) is 5.16. The third kappa shape index (κ3) is 3.09. The van der Waals surface area contributed by atoms with Crippen molar-refractivity contribution in [2.24, 2.45) is 0 Å². The molecule has 2 N–H and O–H groups in total. The molecule has 1 saturated carbocycles. The van der Waals surface area contributed by atoms with Gasteiger partial charge in [0.25, 0.3) is 0 Å². The lowest BCUT2D eigenvalue weighted by atomic mass is 9.89. The molecule has 0 heterocycles. The molecule has 92 valence electrons. The molecule has 4 nitrogen and oxygen atoms in total. The number of amides is 1. The van der Waals surface area contributed by atoms with Crippen molar-refractivity contribution >= 4 is 22.0 Å². The molecular weight excluding hydrogens is 293 g/mol. The standard InChI is InChI=1S/C11H11BrFNO3/c12-9-5-7(1-2-10(9)13)17-8-3-6(4-8)14-11(15)16/h1-2,5-6,8,14H,3-4H2,(H,15,16)/t6-,8-. The van der Waals surface area contributed by atoms with E-state index in [-0.39, 0.29) is 18.0 Å². The first-order chi connectivity index (χ1) is 8.04. The van der Waals surface area contributed by atoms with Gasteiger partial charge in [0.1, 0.15) is 17.7 Å². The number of halogens is 2. The highest BCUT2D eigenvalue weighted by Gasteiger charge is 2.32. The number of ether oxygens (including phenoxy) is 1. The first-order valence-corrected chi connectivity index (χ1v) is 5.95. The molecule has 0 saturated heterocycles. The van der Waals surface area contributed by atoms with Crippen LogP contribution in [0, 0.1) is 5.82 Å². The monoisotopic (exact) mass is 303 g/mol. The zero-order chi connectivity index (χ0) is 12.4. The first kappa shape index (κ1) is 12.2. The van der Waals surface area contributed by atoms with E-state index in [4.69, 9.17) is 9.84 Å². The Bertz CT molecular complexity index is 435. The minimum Gasteiger partial charge on any atom is -0.490 e. The highest BCUT2D eigenvalue weighted by Crippen LogP contribution is 2.28. The molecule has 1 aromatic carbocycles. The van der Waals surface area contributed by atoms with E-state index >= 15 is 0 Å². The summed E-state index contributed by atoms with van der Waals surface area (Å²) in [5, 5.41) is 10.9. The van der Waals surface area contributed by atoms with E-state index in [1.54, 1.807) is 12.1 Å². The Labute approximate surface area is 106 Å². The van der Waals surface area contributed by atoms with Gasteiger partial charge in [-0.05, 0) is 34.1 Å². The maximum atomic E-state index is 13.0. The van der Waals surface area contributed by atoms with E-state index in [1.165, 1.54) is 6.07 Å². The molecule has 0 radical (unpaired) electrons. The molecule has 0 atom stereocenters. The summed E-state index contributed by atoms with van der Waals surface area (Å²) in [6.07, 6.45) is 0.255. The smallest absolute Gasteiger partial charge is 0.404 e. The number of carboxylic acid groups (broad SMARTS) is 1. The van der Waals surface area contributed by atoms with Crippen LogP contribution in [0.2, 0.25) is 0 Å². The average Bonchev–Trinajstić information content (AvgIpc) is 2.19. The molecule has 0 spiro atoms. The highest BCUT2D eigenvalue weighted by atomic mass is 79.9. The van der Waals surface area contributed by atoms with E-state index in [0.717, 1.165) is 0 Å². The Morgan fingerprint density at radius 3 is 2.82 bits per heavy atom. The summed E-state index contributed by atoms with van der Waals surface area (Å²) in [4.78, 5) is 10.3. The van der Waals surface area contributed by atoms with Crippen molar-refractivity contribution in [1.82, 2.24) is 5.32 Å². The van der Waals surface area contributed by atoms with Crippen LogP contribution in [-0.2, 0) is 0 Å². The summed E-state index contributed by atoms with van der Waals surface area (Å²) in [6.45, 7) is 0. The van der Waals surface area contributed by atoms with Crippen molar-refractivity contribution in [1.29, 1.82) is 0 Å². The van der Waals surface area contributed by atoms with Crippen molar-refractivity contribution in [3.8, 4) is 5.75 Å². The molecule has 1 fully saturated rings. The minimum atomic E-state index is -1.02. The second-order valence-electron chi connectivity index (χ2n) is 3.93. The van der Waals surface area contributed by atoms with Gasteiger partial charge in [-0.25, -0.2) is 9.18 Å². The van der Waals surface area contributed by atoms with Crippen LogP contribution in [0.5, 0.6) is 5.75 Å². The third-order valence-corrected chi connectivity index (χ3v) is 3.22. The fraction of sp³-hybridized carbons (Fsp3) is 0.364. The number of carbonyl (C=O) groups is 1. The summed E-state index contributed by atoms with van der Waals surface area (Å²) in [6, 6.07) is 4.40. The Morgan fingerprint density at radius 1 is 1.53 bits per heavy atom. The van der Waals surface area contributed by atoms with E-state index in [0.29, 0.717) is 23.1 Å². The van der Waals surface area contributed by atoms with Gasteiger partial charge in [-0.3, -0.25) is 0 Å². The maximum absolute atomic E-state index is 13.0. The van der Waals surface area contributed by atoms with Gasteiger partial charge in [0, 0.05) is 18.9 Å². The minimum absolute atomic E-state index is 0.00999. The number of hydrogen-bond donors (Lipinski definition) is 2. The summed E-state index contributed by atoms with van der Waals surface area (Å²) in [5.41, 5.74) is 0.